The number of benzene rings is 2. The van der Waals surface area contributed by atoms with Crippen molar-refractivity contribution >= 4 is 38.4 Å². The van der Waals surface area contributed by atoms with E-state index in [1.54, 1.807) is 12.1 Å². The molecule has 142 valence electrons. The molecule has 0 saturated heterocycles. The summed E-state index contributed by atoms with van der Waals surface area (Å²) in [4.78, 5) is 16.9. The van der Waals surface area contributed by atoms with Crippen molar-refractivity contribution in [2.75, 3.05) is 32.0 Å². The van der Waals surface area contributed by atoms with Crippen LogP contribution < -0.4 is 24.8 Å². The number of anilines is 2. The van der Waals surface area contributed by atoms with Crippen LogP contribution in [0.2, 0.25) is 0 Å². The van der Waals surface area contributed by atoms with Crippen molar-refractivity contribution in [3.05, 3.63) is 35.9 Å². The smallest absolute Gasteiger partial charge is 0.325 e. The highest BCUT2D eigenvalue weighted by Crippen LogP contribution is 2.40. The number of ether oxygens (including phenoxy) is 3. The number of hydrogen-bond donors (Lipinski definition) is 2. The molecule has 0 saturated carbocycles. The SMILES string of the molecule is CCc1cccc2sc(NC(=O)Nc3cc(OC)c(OC)c(OC)c3)nc12. The van der Waals surface area contributed by atoms with Crippen LogP contribution in [0.25, 0.3) is 10.2 Å². The number of aryl methyl sites for hydroxylation is 1. The third-order valence-electron chi connectivity index (χ3n) is 4.03. The molecule has 2 amide bonds. The van der Waals surface area contributed by atoms with E-state index in [1.165, 1.54) is 32.7 Å². The van der Waals surface area contributed by atoms with Gasteiger partial charge in [-0.1, -0.05) is 30.4 Å². The fraction of sp³-hybridized carbons (Fsp3) is 0.263. The number of thiazole rings is 1. The Morgan fingerprint density at radius 1 is 1.07 bits per heavy atom. The molecule has 0 radical (unpaired) electrons. The highest BCUT2D eigenvalue weighted by Gasteiger charge is 2.15. The molecular weight excluding hydrogens is 366 g/mol. The maximum absolute atomic E-state index is 12.4. The fourth-order valence-electron chi connectivity index (χ4n) is 2.76. The molecular formula is C19H21N3O4S. The van der Waals surface area contributed by atoms with E-state index >= 15 is 0 Å². The second-order valence-corrected chi connectivity index (χ2v) is 6.66. The molecule has 1 heterocycles. The highest BCUT2D eigenvalue weighted by molar-refractivity contribution is 7.22. The zero-order chi connectivity index (χ0) is 19.4. The van der Waals surface area contributed by atoms with Gasteiger partial charge in [0.1, 0.15) is 0 Å². The first-order valence-corrected chi connectivity index (χ1v) is 9.17. The number of para-hydroxylation sites is 1. The lowest BCUT2D eigenvalue weighted by atomic mass is 10.1. The van der Waals surface area contributed by atoms with Gasteiger partial charge in [0.25, 0.3) is 0 Å². The molecule has 7 nitrogen and oxygen atoms in total. The van der Waals surface area contributed by atoms with E-state index in [4.69, 9.17) is 14.2 Å². The Morgan fingerprint density at radius 3 is 2.37 bits per heavy atom. The van der Waals surface area contributed by atoms with Crippen molar-refractivity contribution in [1.29, 1.82) is 0 Å². The van der Waals surface area contributed by atoms with Crippen molar-refractivity contribution in [2.24, 2.45) is 0 Å². The summed E-state index contributed by atoms with van der Waals surface area (Å²) in [5.41, 5.74) is 2.59. The summed E-state index contributed by atoms with van der Waals surface area (Å²) >= 11 is 1.43. The summed E-state index contributed by atoms with van der Waals surface area (Å²) in [5, 5.41) is 6.08. The summed E-state index contributed by atoms with van der Waals surface area (Å²) in [6.45, 7) is 2.08. The van der Waals surface area contributed by atoms with Crippen molar-refractivity contribution < 1.29 is 19.0 Å². The van der Waals surface area contributed by atoms with Gasteiger partial charge in [-0.05, 0) is 18.1 Å². The van der Waals surface area contributed by atoms with E-state index in [0.29, 0.717) is 28.1 Å². The Labute approximate surface area is 161 Å². The van der Waals surface area contributed by atoms with Gasteiger partial charge in [0.15, 0.2) is 16.6 Å². The molecule has 27 heavy (non-hydrogen) atoms. The number of fused-ring (bicyclic) bond motifs is 1. The Balaban J connectivity index is 1.80. The predicted molar refractivity (Wildman–Crippen MR) is 108 cm³/mol. The molecule has 0 unspecified atom stereocenters. The van der Waals surface area contributed by atoms with Gasteiger partial charge in [-0.3, -0.25) is 5.32 Å². The van der Waals surface area contributed by atoms with E-state index in [9.17, 15) is 4.79 Å². The summed E-state index contributed by atoms with van der Waals surface area (Å²) in [5.74, 6) is 1.38. The van der Waals surface area contributed by atoms with Gasteiger partial charge >= 0.3 is 6.03 Å². The van der Waals surface area contributed by atoms with Crippen LogP contribution in [0.5, 0.6) is 17.2 Å². The Morgan fingerprint density at radius 2 is 1.78 bits per heavy atom. The van der Waals surface area contributed by atoms with Crippen LogP contribution in [-0.4, -0.2) is 32.3 Å². The van der Waals surface area contributed by atoms with Crippen LogP contribution >= 0.6 is 11.3 Å². The first-order chi connectivity index (χ1) is 13.1. The number of carbonyl (C=O) groups is 1. The first kappa shape index (κ1) is 18.8. The van der Waals surface area contributed by atoms with Crippen LogP contribution in [0.4, 0.5) is 15.6 Å². The van der Waals surface area contributed by atoms with Gasteiger partial charge in [-0.2, -0.15) is 0 Å². The minimum Gasteiger partial charge on any atom is -0.493 e. The van der Waals surface area contributed by atoms with Gasteiger partial charge in [0, 0.05) is 12.1 Å². The third-order valence-corrected chi connectivity index (χ3v) is 4.96. The number of hydrogen-bond acceptors (Lipinski definition) is 6. The molecule has 2 N–H and O–H groups in total. The number of carbonyl (C=O) groups excluding carboxylic acids is 1. The largest absolute Gasteiger partial charge is 0.493 e. The molecule has 0 aliphatic heterocycles. The molecule has 1 aromatic heterocycles. The van der Waals surface area contributed by atoms with Crippen LogP contribution in [0.1, 0.15) is 12.5 Å². The molecule has 0 aliphatic carbocycles. The maximum Gasteiger partial charge on any atom is 0.325 e. The molecule has 3 rings (SSSR count). The molecule has 2 aromatic carbocycles. The topological polar surface area (TPSA) is 81.7 Å². The van der Waals surface area contributed by atoms with Crippen LogP contribution in [0, 0.1) is 0 Å². The number of nitrogens with zero attached hydrogens (tertiary/aromatic N) is 1. The Hall–Kier alpha value is -3.00. The molecule has 8 heteroatoms. The summed E-state index contributed by atoms with van der Waals surface area (Å²) in [6, 6.07) is 8.96. The molecule has 0 spiro atoms. The summed E-state index contributed by atoms with van der Waals surface area (Å²) in [7, 11) is 4.57. The Bertz CT molecular complexity index is 946. The van der Waals surface area contributed by atoms with Crippen LogP contribution in [0.15, 0.2) is 30.3 Å². The average molecular weight is 387 g/mol. The van der Waals surface area contributed by atoms with Crippen molar-refractivity contribution in [2.45, 2.75) is 13.3 Å². The van der Waals surface area contributed by atoms with E-state index in [0.717, 1.165) is 22.2 Å². The maximum atomic E-state index is 12.4. The minimum atomic E-state index is -0.402. The van der Waals surface area contributed by atoms with E-state index < -0.39 is 6.03 Å². The zero-order valence-corrected chi connectivity index (χ0v) is 16.4. The fourth-order valence-corrected chi connectivity index (χ4v) is 3.67. The van der Waals surface area contributed by atoms with Crippen LogP contribution in [-0.2, 0) is 6.42 Å². The summed E-state index contributed by atoms with van der Waals surface area (Å²) < 4.78 is 16.9. The highest BCUT2D eigenvalue weighted by atomic mass is 32.1. The Kier molecular flexibility index (Phi) is 5.66. The third kappa shape index (κ3) is 3.90. The lowest BCUT2D eigenvalue weighted by Crippen LogP contribution is -2.19. The zero-order valence-electron chi connectivity index (χ0n) is 15.6. The molecule has 0 atom stereocenters. The lowest BCUT2D eigenvalue weighted by molar-refractivity contribution is 0.262. The van der Waals surface area contributed by atoms with E-state index in [2.05, 4.69) is 22.5 Å². The van der Waals surface area contributed by atoms with E-state index in [-0.39, 0.29) is 0 Å². The number of amides is 2. The minimum absolute atomic E-state index is 0.402. The first-order valence-electron chi connectivity index (χ1n) is 8.36. The average Bonchev–Trinajstić information content (AvgIpc) is 3.09. The van der Waals surface area contributed by atoms with E-state index in [1.807, 2.05) is 18.2 Å². The predicted octanol–water partition coefficient (Wildman–Crippen LogP) is 4.53. The molecule has 0 fully saturated rings. The van der Waals surface area contributed by atoms with Gasteiger partial charge in [-0.25, -0.2) is 9.78 Å². The van der Waals surface area contributed by atoms with Crippen molar-refractivity contribution in [3.63, 3.8) is 0 Å². The number of rotatable bonds is 6. The van der Waals surface area contributed by atoms with Crippen molar-refractivity contribution in [3.8, 4) is 17.2 Å². The molecule has 0 aliphatic rings. The monoisotopic (exact) mass is 387 g/mol. The lowest BCUT2D eigenvalue weighted by Gasteiger charge is -2.14. The van der Waals surface area contributed by atoms with Gasteiger partial charge in [0.2, 0.25) is 5.75 Å². The molecule has 3 aromatic rings. The van der Waals surface area contributed by atoms with Crippen LogP contribution in [0.3, 0.4) is 0 Å². The van der Waals surface area contributed by atoms with Gasteiger partial charge in [0.05, 0.1) is 37.2 Å². The standard InChI is InChI=1S/C19H21N3O4S/c1-5-11-7-6-8-15-16(11)21-19(27-15)22-18(23)20-12-9-13(24-2)17(26-4)14(10-12)25-3/h6-10H,5H2,1-4H3,(H2,20,21,22,23). The number of aromatic nitrogens is 1. The van der Waals surface area contributed by atoms with Crippen molar-refractivity contribution in [1.82, 2.24) is 4.98 Å². The second-order valence-electron chi connectivity index (χ2n) is 5.63. The number of nitrogens with one attached hydrogen (secondary N) is 2. The van der Waals surface area contributed by atoms with Gasteiger partial charge < -0.3 is 19.5 Å². The quantitative estimate of drug-likeness (QED) is 0.649. The summed E-state index contributed by atoms with van der Waals surface area (Å²) in [6.07, 6.45) is 0.887. The number of methoxy groups -OCH3 is 3. The number of urea groups is 1. The molecule has 0 bridgehead atoms. The second kappa shape index (κ2) is 8.13. The normalized spacial score (nSPS) is 10.5. The van der Waals surface area contributed by atoms with Gasteiger partial charge in [-0.15, -0.1) is 0 Å².